The Morgan fingerprint density at radius 3 is 2.32 bits per heavy atom. The molecule has 0 atom stereocenters. The van der Waals surface area contributed by atoms with Crippen LogP contribution in [0.4, 0.5) is 4.39 Å². The summed E-state index contributed by atoms with van der Waals surface area (Å²) in [5, 5.41) is 0. The fraction of sp³-hybridized carbons (Fsp3) is 0.0625. The van der Waals surface area contributed by atoms with Crippen molar-refractivity contribution in [3.8, 4) is 0 Å². The molecule has 19 heavy (non-hydrogen) atoms. The van der Waals surface area contributed by atoms with Crippen molar-refractivity contribution in [2.24, 2.45) is 0 Å². The van der Waals surface area contributed by atoms with Crippen molar-refractivity contribution >= 4 is 11.5 Å². The number of carbonyl (C=O) groups excluding carboxylic acids is 1. The number of benzene rings is 2. The van der Waals surface area contributed by atoms with Crippen molar-refractivity contribution in [3.63, 3.8) is 0 Å². The van der Waals surface area contributed by atoms with E-state index in [9.17, 15) is 9.18 Å². The molecule has 0 radical (unpaired) electrons. The molecule has 2 rings (SSSR count). The van der Waals surface area contributed by atoms with E-state index in [1.165, 1.54) is 19.3 Å². The SMILES string of the molecule is COC(=O)/C=C(\c1ccccc1)c1ccccc1F. The highest BCUT2D eigenvalue weighted by molar-refractivity contribution is 5.96. The third kappa shape index (κ3) is 3.07. The van der Waals surface area contributed by atoms with Crippen LogP contribution >= 0.6 is 0 Å². The quantitative estimate of drug-likeness (QED) is 0.621. The maximum atomic E-state index is 13.9. The summed E-state index contributed by atoms with van der Waals surface area (Å²) >= 11 is 0. The number of rotatable bonds is 3. The standard InChI is InChI=1S/C16H13FO2/c1-19-16(18)11-14(12-7-3-2-4-8-12)13-9-5-6-10-15(13)17/h2-11H,1H3/b14-11+. The van der Waals surface area contributed by atoms with Crippen LogP contribution in [0.15, 0.2) is 60.7 Å². The Morgan fingerprint density at radius 1 is 1.05 bits per heavy atom. The summed E-state index contributed by atoms with van der Waals surface area (Å²) in [4.78, 5) is 11.5. The van der Waals surface area contributed by atoms with Gasteiger partial charge >= 0.3 is 5.97 Å². The second kappa shape index (κ2) is 5.96. The van der Waals surface area contributed by atoms with Gasteiger partial charge in [-0.25, -0.2) is 9.18 Å². The lowest BCUT2D eigenvalue weighted by Gasteiger charge is -2.09. The fourth-order valence-corrected chi connectivity index (χ4v) is 1.79. The first-order valence-electron chi connectivity index (χ1n) is 5.82. The minimum atomic E-state index is -0.512. The molecule has 0 bridgehead atoms. The van der Waals surface area contributed by atoms with Crippen molar-refractivity contribution in [1.82, 2.24) is 0 Å². The maximum Gasteiger partial charge on any atom is 0.331 e. The van der Waals surface area contributed by atoms with Crippen LogP contribution in [0.2, 0.25) is 0 Å². The van der Waals surface area contributed by atoms with E-state index in [1.54, 1.807) is 18.2 Å². The van der Waals surface area contributed by atoms with Gasteiger partial charge in [-0.05, 0) is 17.2 Å². The summed E-state index contributed by atoms with van der Waals surface area (Å²) in [6.45, 7) is 0. The highest BCUT2D eigenvalue weighted by Crippen LogP contribution is 2.25. The number of hydrogen-bond acceptors (Lipinski definition) is 2. The summed E-state index contributed by atoms with van der Waals surface area (Å²) in [5.74, 6) is -0.886. The highest BCUT2D eigenvalue weighted by Gasteiger charge is 2.11. The predicted octanol–water partition coefficient (Wildman–Crippen LogP) is 3.43. The number of ether oxygens (including phenoxy) is 1. The smallest absolute Gasteiger partial charge is 0.331 e. The van der Waals surface area contributed by atoms with Crippen molar-refractivity contribution in [1.29, 1.82) is 0 Å². The molecule has 96 valence electrons. The average Bonchev–Trinajstić information content (AvgIpc) is 2.46. The number of methoxy groups -OCH3 is 1. The Kier molecular flexibility index (Phi) is 4.08. The predicted molar refractivity (Wildman–Crippen MR) is 71.9 cm³/mol. The van der Waals surface area contributed by atoms with Crippen LogP contribution in [0.5, 0.6) is 0 Å². The van der Waals surface area contributed by atoms with Crippen LogP contribution < -0.4 is 0 Å². The van der Waals surface area contributed by atoms with Gasteiger partial charge in [0.05, 0.1) is 7.11 Å². The van der Waals surface area contributed by atoms with E-state index >= 15 is 0 Å². The summed E-state index contributed by atoms with van der Waals surface area (Å²) in [7, 11) is 1.29. The molecule has 0 N–H and O–H groups in total. The molecule has 0 aromatic heterocycles. The zero-order valence-corrected chi connectivity index (χ0v) is 10.5. The van der Waals surface area contributed by atoms with Gasteiger partial charge in [0.25, 0.3) is 0 Å². The van der Waals surface area contributed by atoms with Crippen LogP contribution in [0.3, 0.4) is 0 Å². The van der Waals surface area contributed by atoms with Gasteiger partial charge in [0.1, 0.15) is 5.82 Å². The zero-order valence-electron chi connectivity index (χ0n) is 10.5. The maximum absolute atomic E-state index is 13.9. The Balaban J connectivity index is 2.56. The number of carbonyl (C=O) groups is 1. The summed E-state index contributed by atoms with van der Waals surface area (Å²) < 4.78 is 18.5. The van der Waals surface area contributed by atoms with Crippen molar-refractivity contribution in [3.05, 3.63) is 77.6 Å². The van der Waals surface area contributed by atoms with Crippen molar-refractivity contribution in [2.75, 3.05) is 7.11 Å². The molecule has 0 aliphatic rings. The van der Waals surface area contributed by atoms with Crippen LogP contribution in [-0.2, 0) is 9.53 Å². The van der Waals surface area contributed by atoms with E-state index in [2.05, 4.69) is 4.74 Å². The minimum Gasteiger partial charge on any atom is -0.466 e. The third-order valence-electron chi connectivity index (χ3n) is 2.71. The van der Waals surface area contributed by atoms with Gasteiger partial charge in [-0.1, -0.05) is 48.5 Å². The molecule has 0 saturated heterocycles. The lowest BCUT2D eigenvalue weighted by Crippen LogP contribution is -1.99. The van der Waals surface area contributed by atoms with Gasteiger partial charge in [0.15, 0.2) is 0 Å². The van der Waals surface area contributed by atoms with Crippen LogP contribution in [0, 0.1) is 5.82 Å². The summed E-state index contributed by atoms with van der Waals surface area (Å²) in [6, 6.07) is 15.5. The first-order valence-corrected chi connectivity index (χ1v) is 5.82. The normalized spacial score (nSPS) is 11.2. The minimum absolute atomic E-state index is 0.374. The van der Waals surface area contributed by atoms with E-state index in [4.69, 9.17) is 0 Å². The molecule has 0 aliphatic carbocycles. The molecule has 3 heteroatoms. The lowest BCUT2D eigenvalue weighted by atomic mass is 9.97. The molecule has 0 fully saturated rings. The monoisotopic (exact) mass is 256 g/mol. The van der Waals surface area contributed by atoms with Crippen LogP contribution in [0.25, 0.3) is 5.57 Å². The van der Waals surface area contributed by atoms with Gasteiger partial charge in [0, 0.05) is 11.6 Å². The summed E-state index contributed by atoms with van der Waals surface area (Å²) in [6.07, 6.45) is 1.30. The van der Waals surface area contributed by atoms with Crippen molar-refractivity contribution < 1.29 is 13.9 Å². The van der Waals surface area contributed by atoms with Gasteiger partial charge in [-0.3, -0.25) is 0 Å². The molecule has 0 aliphatic heterocycles. The van der Waals surface area contributed by atoms with E-state index in [1.807, 2.05) is 30.3 Å². The lowest BCUT2D eigenvalue weighted by molar-refractivity contribution is -0.134. The van der Waals surface area contributed by atoms with E-state index in [0.717, 1.165) is 5.56 Å². The van der Waals surface area contributed by atoms with E-state index < -0.39 is 5.97 Å². The molecule has 0 amide bonds. The largest absolute Gasteiger partial charge is 0.466 e. The van der Waals surface area contributed by atoms with Gasteiger partial charge < -0.3 is 4.74 Å². The third-order valence-corrected chi connectivity index (χ3v) is 2.71. The Hall–Kier alpha value is -2.42. The number of halogens is 1. The summed E-state index contributed by atoms with van der Waals surface area (Å²) in [5.41, 5.74) is 1.64. The Bertz CT molecular complexity index is 603. The second-order valence-electron chi connectivity index (χ2n) is 3.93. The molecular formula is C16H13FO2. The molecule has 2 nitrogen and oxygen atoms in total. The fourth-order valence-electron chi connectivity index (χ4n) is 1.79. The Morgan fingerprint density at radius 2 is 1.68 bits per heavy atom. The first-order chi connectivity index (χ1) is 9.22. The van der Waals surface area contributed by atoms with Gasteiger partial charge in [-0.2, -0.15) is 0 Å². The number of hydrogen-bond donors (Lipinski definition) is 0. The van der Waals surface area contributed by atoms with E-state index in [0.29, 0.717) is 11.1 Å². The Labute approximate surface area is 111 Å². The molecular weight excluding hydrogens is 243 g/mol. The van der Waals surface area contributed by atoms with Crippen LogP contribution in [0.1, 0.15) is 11.1 Å². The molecule has 2 aromatic carbocycles. The molecule has 0 saturated carbocycles. The molecule has 0 unspecified atom stereocenters. The van der Waals surface area contributed by atoms with Crippen molar-refractivity contribution in [2.45, 2.75) is 0 Å². The first kappa shape index (κ1) is 13.0. The van der Waals surface area contributed by atoms with Gasteiger partial charge in [0.2, 0.25) is 0 Å². The second-order valence-corrected chi connectivity index (χ2v) is 3.93. The highest BCUT2D eigenvalue weighted by atomic mass is 19.1. The molecule has 2 aromatic rings. The number of esters is 1. The zero-order chi connectivity index (χ0) is 13.7. The molecule has 0 heterocycles. The van der Waals surface area contributed by atoms with Crippen LogP contribution in [-0.4, -0.2) is 13.1 Å². The topological polar surface area (TPSA) is 26.3 Å². The van der Waals surface area contributed by atoms with E-state index in [-0.39, 0.29) is 5.82 Å². The van der Waals surface area contributed by atoms with Gasteiger partial charge in [-0.15, -0.1) is 0 Å². The average molecular weight is 256 g/mol. The molecule has 0 spiro atoms.